The first-order valence-corrected chi connectivity index (χ1v) is 15.9. The Balaban J connectivity index is 1.87. The predicted molar refractivity (Wildman–Crippen MR) is 171 cm³/mol. The third-order valence-corrected chi connectivity index (χ3v) is 8.12. The van der Waals surface area contributed by atoms with Crippen LogP contribution in [0.4, 0.5) is 18.9 Å². The second-order valence-electron chi connectivity index (χ2n) is 12.4. The molecule has 3 rings (SSSR count). The van der Waals surface area contributed by atoms with Crippen molar-refractivity contribution in [1.29, 1.82) is 0 Å². The number of amides is 2. The number of alkyl halides is 3. The molecular formula is C34H46F3N3O7. The monoisotopic (exact) mass is 665 g/mol. The van der Waals surface area contributed by atoms with Crippen molar-refractivity contribution >= 4 is 23.5 Å². The van der Waals surface area contributed by atoms with E-state index in [4.69, 9.17) is 9.47 Å². The van der Waals surface area contributed by atoms with Crippen LogP contribution in [0.5, 0.6) is 5.75 Å². The van der Waals surface area contributed by atoms with Gasteiger partial charge in [-0.25, -0.2) is 4.79 Å². The highest BCUT2D eigenvalue weighted by Crippen LogP contribution is 2.29. The number of carbonyl (C=O) groups is 3. The summed E-state index contributed by atoms with van der Waals surface area (Å²) in [6.07, 6.45) is -4.80. The number of hydrogen-bond donors (Lipinski definition) is 3. The number of carbonyl (C=O) groups excluding carboxylic acids is 2. The molecule has 0 aliphatic carbocycles. The van der Waals surface area contributed by atoms with Crippen molar-refractivity contribution in [1.82, 2.24) is 9.80 Å². The summed E-state index contributed by atoms with van der Waals surface area (Å²) in [6, 6.07) is 10.5. The van der Waals surface area contributed by atoms with Gasteiger partial charge in [-0.05, 0) is 76.1 Å². The Bertz CT molecular complexity index is 1340. The van der Waals surface area contributed by atoms with E-state index in [1.54, 1.807) is 31.2 Å². The molecule has 13 heteroatoms. The number of aromatic carboxylic acids is 1. The van der Waals surface area contributed by atoms with Crippen molar-refractivity contribution in [2.75, 3.05) is 38.7 Å². The average molecular weight is 666 g/mol. The lowest BCUT2D eigenvalue weighted by Gasteiger charge is -2.36. The Morgan fingerprint density at radius 1 is 1.13 bits per heavy atom. The van der Waals surface area contributed by atoms with Crippen LogP contribution in [0.15, 0.2) is 42.5 Å². The van der Waals surface area contributed by atoms with E-state index < -0.39 is 42.8 Å². The van der Waals surface area contributed by atoms with Gasteiger partial charge in [0.15, 0.2) is 0 Å². The lowest BCUT2D eigenvalue weighted by Crippen LogP contribution is -2.47. The number of rotatable bonds is 10. The van der Waals surface area contributed by atoms with Crippen LogP contribution < -0.4 is 10.1 Å². The second-order valence-corrected chi connectivity index (χ2v) is 12.4. The van der Waals surface area contributed by atoms with Crippen LogP contribution in [0.2, 0.25) is 0 Å². The van der Waals surface area contributed by atoms with Crippen molar-refractivity contribution in [3.8, 4) is 5.75 Å². The molecule has 0 saturated carbocycles. The van der Waals surface area contributed by atoms with Gasteiger partial charge in [0.1, 0.15) is 5.75 Å². The number of fused-ring (bicyclic) bond motifs is 1. The number of ether oxygens (including phenoxy) is 2. The summed E-state index contributed by atoms with van der Waals surface area (Å²) in [5, 5.41) is 21.8. The van der Waals surface area contributed by atoms with E-state index >= 15 is 0 Å². The first-order chi connectivity index (χ1) is 22.2. The fourth-order valence-corrected chi connectivity index (χ4v) is 5.38. The highest BCUT2D eigenvalue weighted by atomic mass is 19.4. The highest BCUT2D eigenvalue weighted by Gasteiger charge is 2.31. The number of halogens is 3. The normalized spacial score (nSPS) is 20.6. The van der Waals surface area contributed by atoms with Crippen molar-refractivity contribution in [3.63, 3.8) is 0 Å². The molecule has 1 aliphatic rings. The van der Waals surface area contributed by atoms with E-state index in [9.17, 15) is 37.8 Å². The van der Waals surface area contributed by atoms with Crippen molar-refractivity contribution in [3.05, 3.63) is 59.2 Å². The summed E-state index contributed by atoms with van der Waals surface area (Å²) in [5.74, 6) is -2.21. The molecular weight excluding hydrogens is 619 g/mol. The lowest BCUT2D eigenvalue weighted by molar-refractivity contribution is -0.142. The molecule has 2 aromatic carbocycles. The number of likely N-dealkylation sites (N-methyl/N-ethyl adjacent to an activating group) is 1. The van der Waals surface area contributed by atoms with Gasteiger partial charge in [0, 0.05) is 44.3 Å². The Kier molecular flexibility index (Phi) is 14.0. The number of anilines is 1. The highest BCUT2D eigenvalue weighted by molar-refractivity contribution is 5.99. The van der Waals surface area contributed by atoms with Crippen LogP contribution >= 0.6 is 0 Å². The van der Waals surface area contributed by atoms with E-state index in [0.717, 1.165) is 18.4 Å². The third-order valence-electron chi connectivity index (χ3n) is 8.12. The Morgan fingerprint density at radius 2 is 1.83 bits per heavy atom. The minimum absolute atomic E-state index is 0.120. The number of aliphatic hydroxyl groups is 1. The van der Waals surface area contributed by atoms with E-state index in [1.807, 2.05) is 20.9 Å². The van der Waals surface area contributed by atoms with Gasteiger partial charge in [-0.15, -0.1) is 0 Å². The van der Waals surface area contributed by atoms with Crippen LogP contribution in [-0.2, 0) is 16.1 Å². The number of nitrogens with zero attached hydrogens (tertiary/aromatic N) is 2. The molecule has 0 aromatic heterocycles. The minimum atomic E-state index is -4.48. The molecule has 10 nitrogen and oxygen atoms in total. The van der Waals surface area contributed by atoms with Crippen molar-refractivity contribution < 1.29 is 47.2 Å². The summed E-state index contributed by atoms with van der Waals surface area (Å²) in [6.45, 7) is 7.00. The summed E-state index contributed by atoms with van der Waals surface area (Å²) >= 11 is 0. The van der Waals surface area contributed by atoms with Crippen molar-refractivity contribution in [2.24, 2.45) is 5.92 Å². The smallest absolute Gasteiger partial charge is 0.389 e. The molecule has 3 N–H and O–H groups in total. The molecule has 2 amide bonds. The summed E-state index contributed by atoms with van der Waals surface area (Å²) in [5.41, 5.74) is 1.42. The molecule has 4 atom stereocenters. The van der Waals surface area contributed by atoms with Crippen molar-refractivity contribution in [2.45, 2.75) is 83.8 Å². The number of carboxylic acids is 1. The lowest BCUT2D eigenvalue weighted by atomic mass is 10.0. The van der Waals surface area contributed by atoms with Gasteiger partial charge in [-0.3, -0.25) is 14.5 Å². The number of benzene rings is 2. The number of carboxylic acid groups (broad SMARTS) is 1. The molecule has 47 heavy (non-hydrogen) atoms. The predicted octanol–water partition coefficient (Wildman–Crippen LogP) is 5.59. The van der Waals surface area contributed by atoms with E-state index in [1.165, 1.54) is 23.1 Å². The fraction of sp³-hybridized carbons (Fsp3) is 0.559. The summed E-state index contributed by atoms with van der Waals surface area (Å²) in [7, 11) is 1.94. The molecule has 0 bridgehead atoms. The van der Waals surface area contributed by atoms with Crippen LogP contribution in [0, 0.1) is 5.92 Å². The maximum absolute atomic E-state index is 14.2. The number of hydrogen-bond acceptors (Lipinski definition) is 7. The standard InChI is InChI=1S/C34H46F3N3O7/c1-22-18-40(23(2)21-41)32(43)28-17-27(38-31(42)14-15-34(35,36)37)12-13-29(28)47-24(3)7-5-6-16-46-30(22)20-39(4)19-25-8-10-26(11-9-25)33(44)45/h8-13,17,22-24,30,41H,5-7,14-16,18-21H2,1-4H3,(H,38,42)(H,44,45)/t22-,23-,24+,30-/m1/s1. The molecule has 1 aliphatic heterocycles. The Morgan fingerprint density at radius 3 is 2.47 bits per heavy atom. The molecule has 0 unspecified atom stereocenters. The zero-order chi connectivity index (χ0) is 34.7. The molecule has 0 spiro atoms. The van der Waals surface area contributed by atoms with Gasteiger partial charge in [-0.2, -0.15) is 13.2 Å². The van der Waals surface area contributed by atoms with E-state index in [-0.39, 0.29) is 53.8 Å². The zero-order valence-corrected chi connectivity index (χ0v) is 27.4. The quantitative estimate of drug-likeness (QED) is 0.300. The van der Waals surface area contributed by atoms with Crippen LogP contribution in [-0.4, -0.2) is 95.6 Å². The Labute approximate surface area is 273 Å². The molecule has 1 heterocycles. The average Bonchev–Trinajstić information content (AvgIpc) is 3.01. The first kappa shape index (κ1) is 37.8. The van der Waals surface area contributed by atoms with E-state index in [0.29, 0.717) is 26.1 Å². The van der Waals surface area contributed by atoms with Gasteiger partial charge in [0.05, 0.1) is 42.4 Å². The summed E-state index contributed by atoms with van der Waals surface area (Å²) < 4.78 is 50.5. The van der Waals surface area contributed by atoms with Crippen LogP contribution in [0.1, 0.15) is 79.2 Å². The van der Waals surface area contributed by atoms with Crippen LogP contribution in [0.25, 0.3) is 0 Å². The van der Waals surface area contributed by atoms with Gasteiger partial charge in [0.2, 0.25) is 5.91 Å². The number of aliphatic hydroxyl groups excluding tert-OH is 1. The SMILES string of the molecule is C[C@@H]1CN([C@H](C)CO)C(=O)c2cc(NC(=O)CCC(F)(F)F)ccc2O[C@@H](C)CCCCO[C@@H]1CN(C)Cc1ccc(C(=O)O)cc1. The second kappa shape index (κ2) is 17.5. The van der Waals surface area contributed by atoms with Gasteiger partial charge < -0.3 is 29.9 Å². The zero-order valence-electron chi connectivity index (χ0n) is 27.4. The fourth-order valence-electron chi connectivity index (χ4n) is 5.38. The van der Waals surface area contributed by atoms with Gasteiger partial charge >= 0.3 is 12.1 Å². The van der Waals surface area contributed by atoms with E-state index in [2.05, 4.69) is 10.2 Å². The molecule has 2 aromatic rings. The first-order valence-electron chi connectivity index (χ1n) is 15.9. The largest absolute Gasteiger partial charge is 0.490 e. The molecule has 0 saturated heterocycles. The van der Waals surface area contributed by atoms with Crippen LogP contribution in [0.3, 0.4) is 0 Å². The maximum Gasteiger partial charge on any atom is 0.389 e. The summed E-state index contributed by atoms with van der Waals surface area (Å²) in [4.78, 5) is 41.3. The minimum Gasteiger partial charge on any atom is -0.490 e. The maximum atomic E-state index is 14.2. The molecule has 0 radical (unpaired) electrons. The molecule has 260 valence electrons. The van der Waals surface area contributed by atoms with Gasteiger partial charge in [0.25, 0.3) is 5.91 Å². The molecule has 0 fully saturated rings. The van der Waals surface area contributed by atoms with Gasteiger partial charge in [-0.1, -0.05) is 19.1 Å². The third kappa shape index (κ3) is 12.1. The topological polar surface area (TPSA) is 129 Å². The number of nitrogens with one attached hydrogen (secondary N) is 1. The Hall–Kier alpha value is -3.68.